The molecule has 246 valence electrons. The highest BCUT2D eigenvalue weighted by atomic mass is 16.6. The zero-order chi connectivity index (χ0) is 33.6. The van der Waals surface area contributed by atoms with Gasteiger partial charge in [0, 0.05) is 64.5 Å². The third kappa shape index (κ3) is 12.3. The van der Waals surface area contributed by atoms with Crippen LogP contribution >= 0.6 is 0 Å². The number of hydrogen-bond acceptors (Lipinski definition) is 12. The third-order valence-electron chi connectivity index (χ3n) is 6.93. The summed E-state index contributed by atoms with van der Waals surface area (Å²) in [6.45, 7) is 1.51. The van der Waals surface area contributed by atoms with Crippen molar-refractivity contribution in [3.8, 4) is 0 Å². The lowest BCUT2D eigenvalue weighted by atomic mass is 10.1. The van der Waals surface area contributed by atoms with E-state index in [0.717, 1.165) is 5.56 Å². The average molecular weight is 641 g/mol. The molecule has 1 aromatic carbocycles. The number of aliphatic carboxylic acids is 1. The number of aromatic carboxylic acids is 2. The van der Waals surface area contributed by atoms with E-state index < -0.39 is 29.1 Å². The molecule has 0 fully saturated rings. The lowest BCUT2D eigenvalue weighted by molar-refractivity contribution is -0.384. The molecule has 16 heteroatoms. The minimum Gasteiger partial charge on any atom is -0.480 e. The van der Waals surface area contributed by atoms with E-state index in [9.17, 15) is 50.0 Å². The van der Waals surface area contributed by atoms with Crippen molar-refractivity contribution in [2.45, 2.75) is 25.8 Å². The van der Waals surface area contributed by atoms with Crippen LogP contribution in [0.3, 0.4) is 0 Å². The van der Waals surface area contributed by atoms with Crippen molar-refractivity contribution in [1.82, 2.24) is 24.7 Å². The molecule has 46 heavy (non-hydrogen) atoms. The van der Waals surface area contributed by atoms with E-state index in [1.165, 1.54) is 30.3 Å². The van der Waals surface area contributed by atoms with Gasteiger partial charge in [-0.05, 0) is 36.2 Å². The maximum Gasteiger partial charge on any atom is 0.354 e. The Labute approximate surface area is 263 Å². The molecule has 16 nitrogen and oxygen atoms in total. The normalized spacial score (nSPS) is 11.4. The SMILES string of the molecule is O=C(O)CN(CCN(CCc1ccc([N+](=O)[O-])cc1)CCN(Cc1cccc(C(=O)O)n1)CC(O)O)Cc1cccc(C(=O)O)n1. The van der Waals surface area contributed by atoms with E-state index in [1.54, 1.807) is 40.1 Å². The van der Waals surface area contributed by atoms with E-state index >= 15 is 0 Å². The standard InChI is InChI=1S/C30H36N6O10/c37-27(38)19-34(17-22-3-1-5-25(31-22)29(41)42)15-13-33(12-11-21-7-9-24(10-8-21)36(45)46)14-16-35(20-28(39)40)18-23-4-2-6-26(32-23)30(43)44/h1-10,27,37-38H,11-20H2,(H,39,40)(H,41,42)(H,43,44). The number of nitrogens with zero attached hydrogens (tertiary/aromatic N) is 6. The number of aliphatic hydroxyl groups is 2. The first-order chi connectivity index (χ1) is 21.9. The van der Waals surface area contributed by atoms with Gasteiger partial charge < -0.3 is 30.4 Å². The number of nitro benzene ring substituents is 1. The molecule has 0 radical (unpaired) electrons. The molecule has 0 saturated heterocycles. The Bertz CT molecular complexity index is 1490. The molecule has 0 atom stereocenters. The van der Waals surface area contributed by atoms with Gasteiger partial charge in [0.15, 0.2) is 6.29 Å². The summed E-state index contributed by atoms with van der Waals surface area (Å²) in [4.78, 5) is 58.5. The van der Waals surface area contributed by atoms with Gasteiger partial charge in [0.25, 0.3) is 5.69 Å². The summed E-state index contributed by atoms with van der Waals surface area (Å²) in [7, 11) is 0. The quantitative estimate of drug-likeness (QED) is 0.0659. The number of benzene rings is 1. The third-order valence-corrected chi connectivity index (χ3v) is 6.93. The molecular weight excluding hydrogens is 604 g/mol. The Morgan fingerprint density at radius 2 is 1.22 bits per heavy atom. The van der Waals surface area contributed by atoms with Gasteiger partial charge in [-0.2, -0.15) is 0 Å². The Kier molecular flexibility index (Phi) is 13.6. The van der Waals surface area contributed by atoms with Gasteiger partial charge in [-0.3, -0.25) is 24.7 Å². The summed E-state index contributed by atoms with van der Waals surface area (Å²) in [5, 5.41) is 58.5. The van der Waals surface area contributed by atoms with Crippen LogP contribution in [0.4, 0.5) is 5.69 Å². The molecule has 2 aromatic heterocycles. The fourth-order valence-corrected chi connectivity index (χ4v) is 4.68. The van der Waals surface area contributed by atoms with Gasteiger partial charge in [-0.1, -0.05) is 24.3 Å². The van der Waals surface area contributed by atoms with Crippen LogP contribution in [0.2, 0.25) is 0 Å². The van der Waals surface area contributed by atoms with Crippen LogP contribution in [0.15, 0.2) is 60.7 Å². The van der Waals surface area contributed by atoms with Crippen LogP contribution in [0, 0.1) is 10.1 Å². The summed E-state index contributed by atoms with van der Waals surface area (Å²) in [5.41, 5.74) is 1.30. The molecular formula is C30H36N6O10. The van der Waals surface area contributed by atoms with Crippen molar-refractivity contribution in [3.05, 3.63) is 99.1 Å². The van der Waals surface area contributed by atoms with Crippen LogP contribution in [-0.4, -0.2) is 125 Å². The number of pyridine rings is 2. The van der Waals surface area contributed by atoms with E-state index in [4.69, 9.17) is 0 Å². The number of aliphatic hydroxyl groups excluding tert-OH is 1. The second kappa shape index (κ2) is 17.6. The minimum atomic E-state index is -1.67. The topological polar surface area (TPSA) is 231 Å². The van der Waals surface area contributed by atoms with Crippen LogP contribution in [0.1, 0.15) is 37.9 Å². The first-order valence-corrected chi connectivity index (χ1v) is 14.3. The molecule has 0 aliphatic heterocycles. The summed E-state index contributed by atoms with van der Waals surface area (Å²) in [6, 6.07) is 15.2. The zero-order valence-corrected chi connectivity index (χ0v) is 24.9. The van der Waals surface area contributed by atoms with E-state index in [2.05, 4.69) is 9.97 Å². The second-order valence-electron chi connectivity index (χ2n) is 10.5. The number of hydrogen-bond donors (Lipinski definition) is 5. The Morgan fingerprint density at radius 1 is 0.717 bits per heavy atom. The van der Waals surface area contributed by atoms with Crippen molar-refractivity contribution in [2.75, 3.05) is 45.8 Å². The van der Waals surface area contributed by atoms with Crippen LogP contribution < -0.4 is 0 Å². The Balaban J connectivity index is 1.76. The minimum absolute atomic E-state index is 0.0377. The van der Waals surface area contributed by atoms with Crippen molar-refractivity contribution < 1.29 is 44.8 Å². The maximum absolute atomic E-state index is 11.6. The number of carboxylic acids is 3. The van der Waals surface area contributed by atoms with Gasteiger partial charge >= 0.3 is 17.9 Å². The van der Waals surface area contributed by atoms with E-state index in [1.807, 2.05) is 4.90 Å². The number of carbonyl (C=O) groups is 3. The number of non-ortho nitro benzene ring substituents is 1. The highest BCUT2D eigenvalue weighted by Crippen LogP contribution is 2.13. The highest BCUT2D eigenvalue weighted by molar-refractivity contribution is 5.85. The summed E-state index contributed by atoms with van der Waals surface area (Å²) in [5.74, 6) is -3.47. The largest absolute Gasteiger partial charge is 0.480 e. The molecule has 0 amide bonds. The first-order valence-electron chi connectivity index (χ1n) is 14.3. The molecule has 0 aliphatic rings. The van der Waals surface area contributed by atoms with Crippen LogP contribution in [0.5, 0.6) is 0 Å². The fourth-order valence-electron chi connectivity index (χ4n) is 4.68. The number of carboxylic acid groups (broad SMARTS) is 3. The molecule has 0 saturated carbocycles. The molecule has 5 N–H and O–H groups in total. The predicted molar refractivity (Wildman–Crippen MR) is 162 cm³/mol. The van der Waals surface area contributed by atoms with Gasteiger partial charge in [0.05, 0.1) is 22.9 Å². The van der Waals surface area contributed by atoms with Crippen molar-refractivity contribution in [2.24, 2.45) is 0 Å². The second-order valence-corrected chi connectivity index (χ2v) is 10.5. The van der Waals surface area contributed by atoms with Gasteiger partial charge in [-0.15, -0.1) is 0 Å². The number of nitro groups is 1. The van der Waals surface area contributed by atoms with Crippen LogP contribution in [0.25, 0.3) is 0 Å². The lowest BCUT2D eigenvalue weighted by Crippen LogP contribution is -2.43. The summed E-state index contributed by atoms with van der Waals surface area (Å²) >= 11 is 0. The Hall–Kier alpha value is -4.87. The average Bonchev–Trinajstić information content (AvgIpc) is 3.00. The number of rotatable bonds is 20. The Morgan fingerprint density at radius 3 is 1.70 bits per heavy atom. The lowest BCUT2D eigenvalue weighted by Gasteiger charge is -2.30. The number of aromatic nitrogens is 2. The summed E-state index contributed by atoms with van der Waals surface area (Å²) in [6.07, 6.45) is -1.17. The highest BCUT2D eigenvalue weighted by Gasteiger charge is 2.18. The smallest absolute Gasteiger partial charge is 0.354 e. The predicted octanol–water partition coefficient (Wildman–Crippen LogP) is 1.03. The molecule has 0 aliphatic carbocycles. The van der Waals surface area contributed by atoms with Gasteiger partial charge in [0.1, 0.15) is 11.4 Å². The molecule has 0 spiro atoms. The monoisotopic (exact) mass is 640 g/mol. The molecule has 2 heterocycles. The van der Waals surface area contributed by atoms with E-state index in [-0.39, 0.29) is 49.8 Å². The van der Waals surface area contributed by atoms with Crippen molar-refractivity contribution >= 4 is 23.6 Å². The van der Waals surface area contributed by atoms with E-state index in [0.29, 0.717) is 44.0 Å². The molecule has 3 aromatic rings. The maximum atomic E-state index is 11.6. The fraction of sp³-hybridized carbons (Fsp3) is 0.367. The van der Waals surface area contributed by atoms with Gasteiger partial charge in [-0.25, -0.2) is 19.6 Å². The zero-order valence-electron chi connectivity index (χ0n) is 24.9. The van der Waals surface area contributed by atoms with Crippen molar-refractivity contribution in [1.29, 1.82) is 0 Å². The summed E-state index contributed by atoms with van der Waals surface area (Å²) < 4.78 is 0. The molecule has 3 rings (SSSR count). The van der Waals surface area contributed by atoms with Gasteiger partial charge in [0.2, 0.25) is 0 Å². The molecule has 0 unspecified atom stereocenters. The molecule has 0 bridgehead atoms. The first kappa shape index (κ1) is 35.6. The van der Waals surface area contributed by atoms with Crippen LogP contribution in [-0.2, 0) is 24.3 Å². The van der Waals surface area contributed by atoms with Crippen molar-refractivity contribution in [3.63, 3.8) is 0 Å².